The average molecular weight is 265 g/mol. The Morgan fingerprint density at radius 2 is 1.85 bits per heavy atom. The molecule has 4 nitrogen and oxygen atoms in total. The molecule has 0 fully saturated rings. The number of carbonyl (C=O) groups excluding carboxylic acids is 1. The summed E-state index contributed by atoms with van der Waals surface area (Å²) in [6, 6.07) is 16.2. The van der Waals surface area contributed by atoms with E-state index in [1.807, 2.05) is 30.3 Å². The zero-order chi connectivity index (χ0) is 13.9. The number of hydrogen-bond acceptors (Lipinski definition) is 4. The van der Waals surface area contributed by atoms with Crippen LogP contribution in [-0.2, 0) is 0 Å². The van der Waals surface area contributed by atoms with Crippen LogP contribution in [0.4, 0.5) is 0 Å². The van der Waals surface area contributed by atoms with Gasteiger partial charge in [-0.1, -0.05) is 35.5 Å². The first-order valence-electron chi connectivity index (χ1n) is 6.08. The van der Waals surface area contributed by atoms with Crippen molar-refractivity contribution in [2.24, 2.45) is 5.16 Å². The summed E-state index contributed by atoms with van der Waals surface area (Å²) in [5, 5.41) is 13.4. The highest BCUT2D eigenvalue weighted by atomic mass is 16.4. The van der Waals surface area contributed by atoms with Gasteiger partial charge < -0.3 is 9.62 Å². The van der Waals surface area contributed by atoms with Crippen LogP contribution >= 0.6 is 0 Å². The summed E-state index contributed by atoms with van der Waals surface area (Å²) < 4.78 is 5.80. The first-order chi connectivity index (χ1) is 9.81. The molecule has 0 saturated heterocycles. The average Bonchev–Trinajstić information content (AvgIpc) is 2.54. The van der Waals surface area contributed by atoms with Gasteiger partial charge in [0.2, 0.25) is 0 Å². The van der Waals surface area contributed by atoms with Crippen molar-refractivity contribution >= 4 is 17.3 Å². The Morgan fingerprint density at radius 1 is 1.05 bits per heavy atom. The molecule has 0 unspecified atom stereocenters. The summed E-state index contributed by atoms with van der Waals surface area (Å²) >= 11 is 0. The fraction of sp³-hybridized carbons (Fsp3) is 0. The molecule has 0 aliphatic rings. The van der Waals surface area contributed by atoms with Crippen LogP contribution in [0.2, 0.25) is 0 Å². The molecule has 4 heteroatoms. The van der Waals surface area contributed by atoms with E-state index in [9.17, 15) is 4.79 Å². The summed E-state index contributed by atoms with van der Waals surface area (Å²) in [5.41, 5.74) is 1.95. The van der Waals surface area contributed by atoms with Crippen LogP contribution in [0.3, 0.4) is 0 Å². The molecule has 1 heterocycles. The third-order valence-corrected chi connectivity index (χ3v) is 3.07. The summed E-state index contributed by atoms with van der Waals surface area (Å²) in [4.78, 5) is 10.8. The molecular formula is C16H11NO3. The Hall–Kier alpha value is -2.88. The molecule has 2 aromatic carbocycles. The van der Waals surface area contributed by atoms with Gasteiger partial charge in [-0.25, -0.2) is 0 Å². The minimum atomic E-state index is 0.369. The lowest BCUT2D eigenvalue weighted by atomic mass is 10.1. The number of benzene rings is 2. The van der Waals surface area contributed by atoms with Crippen LogP contribution in [-0.4, -0.2) is 11.5 Å². The van der Waals surface area contributed by atoms with Gasteiger partial charge in [-0.15, -0.1) is 0 Å². The van der Waals surface area contributed by atoms with Crippen molar-refractivity contribution in [1.82, 2.24) is 0 Å². The second kappa shape index (κ2) is 5.01. The Labute approximate surface area is 114 Å². The first-order valence-corrected chi connectivity index (χ1v) is 6.08. The van der Waals surface area contributed by atoms with Crippen molar-refractivity contribution in [3.63, 3.8) is 0 Å². The zero-order valence-electron chi connectivity index (χ0n) is 10.5. The van der Waals surface area contributed by atoms with Crippen LogP contribution in [0.5, 0.6) is 0 Å². The highest BCUT2D eigenvalue weighted by Gasteiger charge is 2.06. The number of rotatable bonds is 2. The molecule has 20 heavy (non-hydrogen) atoms. The number of nitrogens with zero attached hydrogens (tertiary/aromatic N) is 1. The van der Waals surface area contributed by atoms with E-state index in [0.29, 0.717) is 27.7 Å². The molecule has 0 aliphatic heterocycles. The number of fused-ring (bicyclic) bond motifs is 1. The van der Waals surface area contributed by atoms with Crippen molar-refractivity contribution in [3.05, 3.63) is 65.5 Å². The third kappa shape index (κ3) is 2.07. The molecule has 0 bridgehead atoms. The molecule has 3 aromatic rings. The van der Waals surface area contributed by atoms with E-state index in [-0.39, 0.29) is 0 Å². The number of hydrogen-bond donors (Lipinski definition) is 1. The van der Waals surface area contributed by atoms with Crippen molar-refractivity contribution in [2.75, 3.05) is 0 Å². The van der Waals surface area contributed by atoms with Crippen molar-refractivity contribution in [3.8, 4) is 11.3 Å². The lowest BCUT2D eigenvalue weighted by molar-refractivity contribution is 0.112. The van der Waals surface area contributed by atoms with Crippen molar-refractivity contribution in [1.29, 1.82) is 0 Å². The second-order valence-corrected chi connectivity index (χ2v) is 4.34. The maximum absolute atomic E-state index is 10.8. The van der Waals surface area contributed by atoms with Crippen molar-refractivity contribution in [2.45, 2.75) is 0 Å². The van der Waals surface area contributed by atoms with E-state index in [0.717, 1.165) is 11.8 Å². The fourth-order valence-electron chi connectivity index (χ4n) is 2.09. The van der Waals surface area contributed by atoms with Crippen LogP contribution in [0.15, 0.2) is 64.2 Å². The van der Waals surface area contributed by atoms with Crippen molar-refractivity contribution < 1.29 is 14.4 Å². The molecule has 1 N–H and O–H groups in total. The monoisotopic (exact) mass is 265 g/mol. The maximum atomic E-state index is 10.8. The molecule has 0 amide bonds. The number of aldehydes is 1. The molecule has 3 rings (SSSR count). The van der Waals surface area contributed by atoms with Crippen LogP contribution < -0.4 is 5.36 Å². The quantitative estimate of drug-likeness (QED) is 0.439. The van der Waals surface area contributed by atoms with Gasteiger partial charge in [0.25, 0.3) is 0 Å². The summed E-state index contributed by atoms with van der Waals surface area (Å²) in [7, 11) is 0. The molecule has 0 saturated carbocycles. The smallest absolute Gasteiger partial charge is 0.150 e. The van der Waals surface area contributed by atoms with Crippen LogP contribution in [0.25, 0.3) is 22.3 Å². The summed E-state index contributed by atoms with van der Waals surface area (Å²) in [5.74, 6) is 0.602. The van der Waals surface area contributed by atoms with E-state index in [2.05, 4.69) is 5.16 Å². The molecule has 0 aliphatic carbocycles. The van der Waals surface area contributed by atoms with Gasteiger partial charge in [-0.05, 0) is 18.2 Å². The Morgan fingerprint density at radius 3 is 2.55 bits per heavy atom. The van der Waals surface area contributed by atoms with E-state index < -0.39 is 0 Å². The number of carbonyl (C=O) groups is 1. The zero-order valence-corrected chi connectivity index (χ0v) is 10.5. The minimum Gasteiger partial charge on any atom is -0.456 e. The predicted molar refractivity (Wildman–Crippen MR) is 74.4 cm³/mol. The highest BCUT2D eigenvalue weighted by Crippen LogP contribution is 2.22. The van der Waals surface area contributed by atoms with E-state index >= 15 is 0 Å². The molecule has 98 valence electrons. The van der Waals surface area contributed by atoms with Gasteiger partial charge in [0.15, 0.2) is 0 Å². The molecule has 0 spiro atoms. The van der Waals surface area contributed by atoms with Gasteiger partial charge in [0, 0.05) is 22.6 Å². The van der Waals surface area contributed by atoms with E-state index in [4.69, 9.17) is 9.62 Å². The Bertz CT molecular complexity index is 835. The second-order valence-electron chi connectivity index (χ2n) is 4.34. The third-order valence-electron chi connectivity index (χ3n) is 3.07. The van der Waals surface area contributed by atoms with E-state index in [1.54, 1.807) is 24.3 Å². The van der Waals surface area contributed by atoms with Crippen LogP contribution in [0, 0.1) is 0 Å². The van der Waals surface area contributed by atoms with Gasteiger partial charge in [-0.3, -0.25) is 4.79 Å². The lowest BCUT2D eigenvalue weighted by Crippen LogP contribution is -2.03. The van der Waals surface area contributed by atoms with Crippen LogP contribution in [0.1, 0.15) is 10.4 Å². The Kier molecular flexibility index (Phi) is 3.05. The predicted octanol–water partition coefficient (Wildman–Crippen LogP) is 3.20. The maximum Gasteiger partial charge on any atom is 0.150 e. The molecule has 0 atom stereocenters. The fourth-order valence-corrected chi connectivity index (χ4v) is 2.09. The summed E-state index contributed by atoms with van der Waals surface area (Å²) in [6.45, 7) is 0. The summed E-state index contributed by atoms with van der Waals surface area (Å²) in [6.07, 6.45) is 0.742. The van der Waals surface area contributed by atoms with Gasteiger partial charge >= 0.3 is 0 Å². The topological polar surface area (TPSA) is 62.8 Å². The molecule has 0 radical (unpaired) electrons. The highest BCUT2D eigenvalue weighted by molar-refractivity contribution is 5.86. The first kappa shape index (κ1) is 12.2. The van der Waals surface area contributed by atoms with Gasteiger partial charge in [0.05, 0.1) is 0 Å². The normalized spacial score (nSPS) is 11.7. The van der Waals surface area contributed by atoms with Gasteiger partial charge in [0.1, 0.15) is 23.0 Å². The largest absolute Gasteiger partial charge is 0.456 e. The van der Waals surface area contributed by atoms with E-state index in [1.165, 1.54) is 0 Å². The minimum absolute atomic E-state index is 0.369. The molecular weight excluding hydrogens is 254 g/mol. The Balaban J connectivity index is 2.31. The molecule has 1 aromatic heterocycles. The lowest BCUT2D eigenvalue weighted by Gasteiger charge is -2.04. The SMILES string of the molecule is O=Cc1ccc2oc(-c3ccccc3)cc(=NO)c2c1. The van der Waals surface area contributed by atoms with Gasteiger partial charge in [-0.2, -0.15) is 0 Å². The standard InChI is InChI=1S/C16H11NO3/c18-10-11-6-7-15-13(8-11)14(17-19)9-16(20-15)12-4-2-1-3-5-12/h1-10,19H.